The summed E-state index contributed by atoms with van der Waals surface area (Å²) in [5.74, 6) is 1.97. The Balaban J connectivity index is 1.47. The molecule has 0 bridgehead atoms. The molecular formula is C15H21N5O. The Labute approximate surface area is 124 Å². The minimum Gasteiger partial charge on any atom is -0.492 e. The van der Waals surface area contributed by atoms with Crippen LogP contribution in [0.4, 0.5) is 0 Å². The van der Waals surface area contributed by atoms with Crippen molar-refractivity contribution < 1.29 is 4.74 Å². The van der Waals surface area contributed by atoms with Crippen molar-refractivity contribution in [3.8, 4) is 5.75 Å². The molecule has 0 amide bonds. The molecule has 0 saturated heterocycles. The Bertz CT molecular complexity index is 583. The van der Waals surface area contributed by atoms with Gasteiger partial charge in [-0.1, -0.05) is 12.1 Å². The molecule has 0 radical (unpaired) electrons. The first kappa shape index (κ1) is 14.0. The lowest BCUT2D eigenvalue weighted by molar-refractivity contribution is 0.174. The number of fused-ring (bicyclic) bond motifs is 1. The average molecular weight is 287 g/mol. The van der Waals surface area contributed by atoms with E-state index in [1.54, 1.807) is 6.33 Å². The van der Waals surface area contributed by atoms with Gasteiger partial charge in [0.2, 0.25) is 0 Å². The summed E-state index contributed by atoms with van der Waals surface area (Å²) < 4.78 is 7.96. The first-order valence-corrected chi connectivity index (χ1v) is 7.30. The minimum absolute atomic E-state index is 0.692. The summed E-state index contributed by atoms with van der Waals surface area (Å²) in [7, 11) is 1.95. The maximum atomic E-state index is 5.85. The van der Waals surface area contributed by atoms with E-state index in [0.29, 0.717) is 6.61 Å². The molecule has 3 rings (SSSR count). The zero-order valence-corrected chi connectivity index (χ0v) is 12.3. The van der Waals surface area contributed by atoms with Gasteiger partial charge in [-0.3, -0.25) is 4.90 Å². The van der Waals surface area contributed by atoms with Gasteiger partial charge < -0.3 is 14.6 Å². The molecule has 1 aromatic heterocycles. The third kappa shape index (κ3) is 3.59. The molecule has 0 spiro atoms. The Morgan fingerprint density at radius 3 is 3.19 bits per heavy atom. The molecule has 1 aliphatic rings. The highest BCUT2D eigenvalue weighted by Gasteiger charge is 2.16. The van der Waals surface area contributed by atoms with E-state index in [2.05, 4.69) is 37.1 Å². The normalized spacial score (nSPS) is 14.9. The number of nitrogens with one attached hydrogen (secondary N) is 1. The van der Waals surface area contributed by atoms with E-state index >= 15 is 0 Å². The van der Waals surface area contributed by atoms with Crippen molar-refractivity contribution in [3.63, 3.8) is 0 Å². The van der Waals surface area contributed by atoms with Gasteiger partial charge in [0.15, 0.2) is 0 Å². The van der Waals surface area contributed by atoms with Gasteiger partial charge in [0, 0.05) is 26.2 Å². The van der Waals surface area contributed by atoms with Gasteiger partial charge in [0.1, 0.15) is 24.5 Å². The van der Waals surface area contributed by atoms with Crippen molar-refractivity contribution in [2.24, 2.45) is 0 Å². The van der Waals surface area contributed by atoms with Gasteiger partial charge in [-0.15, -0.1) is 10.2 Å². The minimum atomic E-state index is 0.692. The Kier molecular flexibility index (Phi) is 4.47. The Morgan fingerprint density at radius 2 is 2.29 bits per heavy atom. The molecule has 1 aliphatic heterocycles. The predicted octanol–water partition coefficient (Wildman–Crippen LogP) is 0.892. The van der Waals surface area contributed by atoms with Gasteiger partial charge in [0.05, 0.1) is 6.54 Å². The third-order valence-electron chi connectivity index (χ3n) is 3.67. The van der Waals surface area contributed by atoms with Crippen molar-refractivity contribution in [1.82, 2.24) is 25.0 Å². The Hall–Kier alpha value is -1.92. The lowest BCUT2D eigenvalue weighted by Gasteiger charge is -2.26. The molecule has 6 nitrogen and oxygen atoms in total. The number of benzene rings is 1. The topological polar surface area (TPSA) is 55.2 Å². The fourth-order valence-corrected chi connectivity index (χ4v) is 2.55. The maximum absolute atomic E-state index is 5.85. The molecule has 0 aliphatic carbocycles. The zero-order chi connectivity index (χ0) is 14.5. The molecule has 1 aromatic carbocycles. The summed E-state index contributed by atoms with van der Waals surface area (Å²) in [6.45, 7) is 5.29. The maximum Gasteiger partial charge on any atom is 0.147 e. The van der Waals surface area contributed by atoms with Crippen LogP contribution in [0.1, 0.15) is 11.4 Å². The summed E-state index contributed by atoms with van der Waals surface area (Å²) >= 11 is 0. The van der Waals surface area contributed by atoms with E-state index in [9.17, 15) is 0 Å². The van der Waals surface area contributed by atoms with Crippen molar-refractivity contribution in [1.29, 1.82) is 0 Å². The van der Waals surface area contributed by atoms with Crippen LogP contribution >= 0.6 is 0 Å². The Morgan fingerprint density at radius 1 is 1.33 bits per heavy atom. The summed E-state index contributed by atoms with van der Waals surface area (Å²) in [6, 6.07) is 8.22. The number of rotatable bonds is 6. The molecule has 21 heavy (non-hydrogen) atoms. The molecule has 0 saturated carbocycles. The fourth-order valence-electron chi connectivity index (χ4n) is 2.55. The van der Waals surface area contributed by atoms with Gasteiger partial charge in [-0.2, -0.15) is 0 Å². The molecule has 2 heterocycles. The van der Waals surface area contributed by atoms with Crippen LogP contribution in [0.3, 0.4) is 0 Å². The second kappa shape index (κ2) is 6.69. The fraction of sp³-hybridized carbons (Fsp3) is 0.467. The van der Waals surface area contributed by atoms with E-state index < -0.39 is 0 Å². The van der Waals surface area contributed by atoms with Crippen LogP contribution in [0.15, 0.2) is 30.6 Å². The molecule has 0 fully saturated rings. The number of hydrogen-bond acceptors (Lipinski definition) is 5. The number of hydrogen-bond donors (Lipinski definition) is 1. The van der Waals surface area contributed by atoms with Crippen molar-refractivity contribution in [2.45, 2.75) is 19.6 Å². The number of ether oxygens (including phenoxy) is 1. The zero-order valence-electron chi connectivity index (χ0n) is 12.3. The average Bonchev–Trinajstić information content (AvgIpc) is 2.96. The quantitative estimate of drug-likeness (QED) is 0.855. The van der Waals surface area contributed by atoms with Gasteiger partial charge >= 0.3 is 0 Å². The van der Waals surface area contributed by atoms with Crippen molar-refractivity contribution >= 4 is 0 Å². The van der Waals surface area contributed by atoms with E-state index in [-0.39, 0.29) is 0 Å². The highest BCUT2D eigenvalue weighted by molar-refractivity contribution is 5.28. The predicted molar refractivity (Wildman–Crippen MR) is 80.0 cm³/mol. The van der Waals surface area contributed by atoms with Crippen LogP contribution in [0.5, 0.6) is 5.75 Å². The largest absolute Gasteiger partial charge is 0.492 e. The lowest BCUT2D eigenvalue weighted by Crippen LogP contribution is -2.36. The summed E-state index contributed by atoms with van der Waals surface area (Å²) in [5.41, 5.74) is 1.24. The van der Waals surface area contributed by atoms with Crippen LogP contribution in [-0.4, -0.2) is 46.4 Å². The van der Waals surface area contributed by atoms with Gasteiger partial charge in [-0.05, 0) is 24.7 Å². The standard InChI is InChI=1S/C15H21N5O/c1-16-10-13-3-2-4-14(9-13)21-8-7-19-5-6-20-12-17-18-15(20)11-19/h2-4,9,12,16H,5-8,10-11H2,1H3. The van der Waals surface area contributed by atoms with Crippen LogP contribution in [-0.2, 0) is 19.6 Å². The van der Waals surface area contributed by atoms with Crippen LogP contribution in [0, 0.1) is 0 Å². The molecule has 6 heteroatoms. The summed E-state index contributed by atoms with van der Waals surface area (Å²) in [5, 5.41) is 11.2. The lowest BCUT2D eigenvalue weighted by atomic mass is 10.2. The van der Waals surface area contributed by atoms with Gasteiger partial charge in [-0.25, -0.2) is 0 Å². The number of nitrogens with zero attached hydrogens (tertiary/aromatic N) is 4. The third-order valence-corrected chi connectivity index (χ3v) is 3.67. The van der Waals surface area contributed by atoms with E-state index in [0.717, 1.165) is 44.3 Å². The summed E-state index contributed by atoms with van der Waals surface area (Å²) in [6.07, 6.45) is 1.80. The monoisotopic (exact) mass is 287 g/mol. The van der Waals surface area contributed by atoms with E-state index in [1.165, 1.54) is 5.56 Å². The summed E-state index contributed by atoms with van der Waals surface area (Å²) in [4.78, 5) is 2.35. The van der Waals surface area contributed by atoms with Gasteiger partial charge in [0.25, 0.3) is 0 Å². The highest BCUT2D eigenvalue weighted by Crippen LogP contribution is 2.14. The van der Waals surface area contributed by atoms with Crippen LogP contribution in [0.2, 0.25) is 0 Å². The number of aromatic nitrogens is 3. The van der Waals surface area contributed by atoms with E-state index in [4.69, 9.17) is 4.74 Å². The first-order valence-electron chi connectivity index (χ1n) is 7.30. The SMILES string of the molecule is CNCc1cccc(OCCN2CCn3cnnc3C2)c1. The molecule has 1 N–H and O–H groups in total. The van der Waals surface area contributed by atoms with E-state index in [1.807, 2.05) is 19.2 Å². The first-order chi connectivity index (χ1) is 10.3. The molecule has 2 aromatic rings. The smallest absolute Gasteiger partial charge is 0.147 e. The van der Waals surface area contributed by atoms with Crippen molar-refractivity contribution in [2.75, 3.05) is 26.7 Å². The van der Waals surface area contributed by atoms with Crippen molar-refractivity contribution in [3.05, 3.63) is 42.0 Å². The second-order valence-electron chi connectivity index (χ2n) is 5.24. The van der Waals surface area contributed by atoms with Crippen LogP contribution in [0.25, 0.3) is 0 Å². The highest BCUT2D eigenvalue weighted by atomic mass is 16.5. The molecule has 0 unspecified atom stereocenters. The van der Waals surface area contributed by atoms with Crippen LogP contribution < -0.4 is 10.1 Å². The molecular weight excluding hydrogens is 266 g/mol. The molecule has 0 atom stereocenters. The second-order valence-corrected chi connectivity index (χ2v) is 5.24. The molecule has 112 valence electrons.